The van der Waals surface area contributed by atoms with Crippen LogP contribution in [0.5, 0.6) is 5.75 Å². The first kappa shape index (κ1) is 25.9. The van der Waals surface area contributed by atoms with E-state index in [0.717, 1.165) is 19.2 Å². The number of sulfonamides is 1. The lowest BCUT2D eigenvalue weighted by Crippen LogP contribution is -2.30. The normalized spacial score (nSPS) is 16.3. The van der Waals surface area contributed by atoms with E-state index in [1.165, 1.54) is 89.6 Å². The number of nitrogens with one attached hydrogen (secondary N) is 2. The van der Waals surface area contributed by atoms with Crippen molar-refractivity contribution in [2.24, 2.45) is 0 Å². The summed E-state index contributed by atoms with van der Waals surface area (Å²) < 4.78 is 25.0. The smallest absolute Gasteiger partial charge is 0.229 e. The fourth-order valence-electron chi connectivity index (χ4n) is 4.05. The average Bonchev–Trinajstić information content (AvgIpc) is 2.73. The van der Waals surface area contributed by atoms with E-state index in [1.54, 1.807) is 6.07 Å². The fraction of sp³-hybridized carbons (Fsp3) is 0.739. The van der Waals surface area contributed by atoms with E-state index in [4.69, 9.17) is 0 Å². The van der Waals surface area contributed by atoms with Crippen molar-refractivity contribution >= 4 is 15.7 Å². The molecular formula is C23H41N3O4S. The molecule has 178 valence electrons. The topological polar surface area (TPSA) is 102 Å². The van der Waals surface area contributed by atoms with Gasteiger partial charge in [-0.25, -0.2) is 8.42 Å². The molecule has 31 heavy (non-hydrogen) atoms. The van der Waals surface area contributed by atoms with E-state index in [9.17, 15) is 18.6 Å². The Hall–Kier alpha value is -1.35. The van der Waals surface area contributed by atoms with Gasteiger partial charge in [0.1, 0.15) is 5.75 Å². The number of piperidine rings is 1. The number of aliphatic hydroxyl groups is 1. The Morgan fingerprint density at radius 2 is 1.65 bits per heavy atom. The van der Waals surface area contributed by atoms with Crippen molar-refractivity contribution in [2.45, 2.75) is 70.3 Å². The molecule has 1 atom stereocenters. The van der Waals surface area contributed by atoms with Crippen LogP contribution in [0, 0.1) is 0 Å². The molecule has 0 radical (unpaired) electrons. The molecule has 0 bridgehead atoms. The number of likely N-dealkylation sites (tertiary alicyclic amines) is 1. The van der Waals surface area contributed by atoms with Crippen molar-refractivity contribution in [3.63, 3.8) is 0 Å². The summed E-state index contributed by atoms with van der Waals surface area (Å²) in [6, 6.07) is 4.45. The molecule has 0 spiro atoms. The van der Waals surface area contributed by atoms with Crippen LogP contribution in [0.15, 0.2) is 18.2 Å². The Morgan fingerprint density at radius 3 is 2.32 bits per heavy atom. The molecule has 0 aromatic heterocycles. The quantitative estimate of drug-likeness (QED) is 0.238. The maximum absolute atomic E-state index is 11.4. The lowest BCUT2D eigenvalue weighted by atomic mass is 10.1. The van der Waals surface area contributed by atoms with E-state index < -0.39 is 16.1 Å². The van der Waals surface area contributed by atoms with Gasteiger partial charge in [-0.1, -0.05) is 44.6 Å². The van der Waals surface area contributed by atoms with Gasteiger partial charge in [0, 0.05) is 6.54 Å². The third-order valence-corrected chi connectivity index (χ3v) is 6.41. The minimum Gasteiger partial charge on any atom is -0.506 e. The fourth-order valence-corrected chi connectivity index (χ4v) is 4.61. The van der Waals surface area contributed by atoms with Gasteiger partial charge >= 0.3 is 0 Å². The number of phenolic OH excluding ortho intramolecular Hbond substituents is 1. The van der Waals surface area contributed by atoms with Crippen LogP contribution in [0.25, 0.3) is 0 Å². The van der Waals surface area contributed by atoms with Gasteiger partial charge in [0.25, 0.3) is 0 Å². The van der Waals surface area contributed by atoms with Crippen molar-refractivity contribution in [1.82, 2.24) is 10.2 Å². The predicted molar refractivity (Wildman–Crippen MR) is 127 cm³/mol. The summed E-state index contributed by atoms with van der Waals surface area (Å²) in [6.07, 6.45) is 13.2. The minimum absolute atomic E-state index is 0.0787. The summed E-state index contributed by atoms with van der Waals surface area (Å²) in [4.78, 5) is 2.62. The number of nitrogens with zero attached hydrogens (tertiary/aromatic N) is 1. The van der Waals surface area contributed by atoms with Crippen LogP contribution in [0.1, 0.15) is 75.9 Å². The summed E-state index contributed by atoms with van der Waals surface area (Å²) >= 11 is 0. The number of unbranched alkanes of at least 4 members (excludes halogenated alkanes) is 6. The van der Waals surface area contributed by atoms with Crippen molar-refractivity contribution in [3.05, 3.63) is 23.8 Å². The van der Waals surface area contributed by atoms with Crippen LogP contribution in [-0.4, -0.2) is 62.5 Å². The molecular weight excluding hydrogens is 414 g/mol. The highest BCUT2D eigenvalue weighted by Crippen LogP contribution is 2.27. The number of anilines is 1. The molecule has 0 amide bonds. The second-order valence-electron chi connectivity index (χ2n) is 8.75. The molecule has 1 aromatic carbocycles. The number of phenols is 1. The predicted octanol–water partition coefficient (Wildman–Crippen LogP) is 3.60. The Morgan fingerprint density at radius 1 is 1.00 bits per heavy atom. The molecule has 1 fully saturated rings. The van der Waals surface area contributed by atoms with Gasteiger partial charge in [-0.05, 0) is 69.6 Å². The van der Waals surface area contributed by atoms with Gasteiger partial charge in [-0.3, -0.25) is 4.72 Å². The van der Waals surface area contributed by atoms with Crippen LogP contribution >= 0.6 is 0 Å². The van der Waals surface area contributed by atoms with Gasteiger partial charge in [-0.15, -0.1) is 0 Å². The van der Waals surface area contributed by atoms with Gasteiger partial charge in [0.15, 0.2) is 0 Å². The zero-order valence-electron chi connectivity index (χ0n) is 19.0. The number of rotatable bonds is 15. The van der Waals surface area contributed by atoms with Crippen molar-refractivity contribution in [1.29, 1.82) is 0 Å². The molecule has 1 aliphatic rings. The molecule has 4 N–H and O–H groups in total. The van der Waals surface area contributed by atoms with E-state index >= 15 is 0 Å². The van der Waals surface area contributed by atoms with E-state index in [0.29, 0.717) is 12.1 Å². The first-order chi connectivity index (χ1) is 14.8. The molecule has 7 nitrogen and oxygen atoms in total. The molecule has 1 saturated heterocycles. The summed E-state index contributed by atoms with van der Waals surface area (Å²) in [6.45, 7) is 5.11. The van der Waals surface area contributed by atoms with E-state index in [1.807, 2.05) is 0 Å². The number of aromatic hydroxyl groups is 1. The molecule has 2 rings (SSSR count). The zero-order chi connectivity index (χ0) is 22.5. The largest absolute Gasteiger partial charge is 0.506 e. The van der Waals surface area contributed by atoms with Crippen LogP contribution in [0.3, 0.4) is 0 Å². The minimum atomic E-state index is -3.49. The standard InChI is InChI=1S/C23H41N3O4S/c1-31(29,30)25-21-18-20(12-13-22(21)27)23(28)19-24-14-8-5-3-2-4-6-9-15-26-16-10-7-11-17-26/h12-13,18,23-25,27-28H,2-11,14-17,19H2,1H3/t23-/m1/s1. The first-order valence-electron chi connectivity index (χ1n) is 11.8. The highest BCUT2D eigenvalue weighted by molar-refractivity contribution is 7.92. The van der Waals surface area contributed by atoms with Crippen LogP contribution in [0.2, 0.25) is 0 Å². The molecule has 0 aliphatic carbocycles. The van der Waals surface area contributed by atoms with E-state index in [-0.39, 0.29) is 11.4 Å². The SMILES string of the molecule is CS(=O)(=O)Nc1cc([C@H](O)CNCCCCCCCCCN2CCCCC2)ccc1O. The van der Waals surface area contributed by atoms with Crippen LogP contribution in [0.4, 0.5) is 5.69 Å². The van der Waals surface area contributed by atoms with Gasteiger partial charge < -0.3 is 20.4 Å². The van der Waals surface area contributed by atoms with Crippen molar-refractivity contribution < 1.29 is 18.6 Å². The summed E-state index contributed by atoms with van der Waals surface area (Å²) in [7, 11) is -3.49. The molecule has 0 unspecified atom stereocenters. The molecule has 1 aliphatic heterocycles. The van der Waals surface area contributed by atoms with E-state index in [2.05, 4.69) is 14.9 Å². The zero-order valence-corrected chi connectivity index (χ0v) is 19.8. The van der Waals surface area contributed by atoms with Crippen LogP contribution < -0.4 is 10.0 Å². The lowest BCUT2D eigenvalue weighted by Gasteiger charge is -2.26. The Labute approximate surface area is 188 Å². The third kappa shape index (κ3) is 11.2. The van der Waals surface area contributed by atoms with Crippen molar-refractivity contribution in [3.8, 4) is 5.75 Å². The van der Waals surface area contributed by atoms with Crippen molar-refractivity contribution in [2.75, 3.05) is 43.7 Å². The highest BCUT2D eigenvalue weighted by atomic mass is 32.2. The second-order valence-corrected chi connectivity index (χ2v) is 10.5. The van der Waals surface area contributed by atoms with Crippen LogP contribution in [-0.2, 0) is 10.0 Å². The Balaban J connectivity index is 1.49. The molecule has 0 saturated carbocycles. The maximum atomic E-state index is 11.4. The number of hydrogen-bond donors (Lipinski definition) is 4. The average molecular weight is 456 g/mol. The molecule has 1 aromatic rings. The molecule has 1 heterocycles. The number of aliphatic hydroxyl groups excluding tert-OH is 1. The van der Waals surface area contributed by atoms with Gasteiger partial charge in [0.05, 0.1) is 18.0 Å². The molecule has 8 heteroatoms. The first-order valence-corrected chi connectivity index (χ1v) is 13.7. The number of benzene rings is 1. The highest BCUT2D eigenvalue weighted by Gasteiger charge is 2.13. The summed E-state index contributed by atoms with van der Waals surface area (Å²) in [5.74, 6) is -0.166. The maximum Gasteiger partial charge on any atom is 0.229 e. The second kappa shape index (κ2) is 13.9. The lowest BCUT2D eigenvalue weighted by molar-refractivity contribution is 0.174. The van der Waals surface area contributed by atoms with Gasteiger partial charge in [0.2, 0.25) is 10.0 Å². The summed E-state index contributed by atoms with van der Waals surface area (Å²) in [5, 5.41) is 23.4. The Bertz CT molecular complexity index is 736. The summed E-state index contributed by atoms with van der Waals surface area (Å²) in [5.41, 5.74) is 0.635. The third-order valence-electron chi connectivity index (χ3n) is 5.82. The Kier molecular flexibility index (Phi) is 11.6. The van der Waals surface area contributed by atoms with Gasteiger partial charge in [-0.2, -0.15) is 0 Å². The monoisotopic (exact) mass is 455 g/mol. The number of hydrogen-bond acceptors (Lipinski definition) is 6.